The molecular weight excluding hydrogens is 328 g/mol. The molecule has 1 aromatic carbocycles. The first-order valence-electron chi connectivity index (χ1n) is 8.00. The SMILES string of the molecule is O=C(Nc1ccc(Br)cc1)NC1C2CC3CC(C2)CC1C3. The van der Waals surface area contributed by atoms with E-state index in [-0.39, 0.29) is 6.03 Å². The van der Waals surface area contributed by atoms with Crippen LogP contribution < -0.4 is 10.6 Å². The number of benzene rings is 1. The molecule has 0 aromatic heterocycles. The molecule has 4 heteroatoms. The molecule has 4 aliphatic rings. The van der Waals surface area contributed by atoms with Crippen molar-refractivity contribution in [2.45, 2.75) is 38.1 Å². The van der Waals surface area contributed by atoms with Crippen molar-refractivity contribution >= 4 is 27.6 Å². The van der Waals surface area contributed by atoms with Crippen LogP contribution in [0.3, 0.4) is 0 Å². The van der Waals surface area contributed by atoms with Crippen LogP contribution in [0.25, 0.3) is 0 Å². The second-order valence-corrected chi connectivity index (χ2v) is 7.98. The minimum absolute atomic E-state index is 0.0465. The topological polar surface area (TPSA) is 41.1 Å². The number of rotatable bonds is 2. The van der Waals surface area contributed by atoms with Crippen LogP contribution in [0.4, 0.5) is 10.5 Å². The van der Waals surface area contributed by atoms with Crippen molar-refractivity contribution in [2.24, 2.45) is 23.7 Å². The van der Waals surface area contributed by atoms with Crippen molar-refractivity contribution in [1.82, 2.24) is 5.32 Å². The molecule has 4 fully saturated rings. The molecule has 2 amide bonds. The zero-order valence-electron chi connectivity index (χ0n) is 12.0. The van der Waals surface area contributed by atoms with Crippen molar-refractivity contribution < 1.29 is 4.79 Å². The van der Waals surface area contributed by atoms with Gasteiger partial charge < -0.3 is 10.6 Å². The summed E-state index contributed by atoms with van der Waals surface area (Å²) in [4.78, 5) is 12.3. The fraction of sp³-hybridized carbons (Fsp3) is 0.588. The normalized spacial score (nSPS) is 36.5. The fourth-order valence-electron chi connectivity index (χ4n) is 5.01. The van der Waals surface area contributed by atoms with Crippen molar-refractivity contribution in [3.63, 3.8) is 0 Å². The van der Waals surface area contributed by atoms with Crippen molar-refractivity contribution in [3.05, 3.63) is 28.7 Å². The van der Waals surface area contributed by atoms with Gasteiger partial charge in [-0.25, -0.2) is 4.79 Å². The molecule has 3 nitrogen and oxygen atoms in total. The monoisotopic (exact) mass is 348 g/mol. The van der Waals surface area contributed by atoms with E-state index in [4.69, 9.17) is 0 Å². The highest BCUT2D eigenvalue weighted by molar-refractivity contribution is 9.10. The lowest BCUT2D eigenvalue weighted by atomic mass is 9.54. The number of carbonyl (C=O) groups is 1. The Kier molecular flexibility index (Phi) is 3.44. The van der Waals surface area contributed by atoms with Gasteiger partial charge in [-0.05, 0) is 80.0 Å². The number of anilines is 1. The van der Waals surface area contributed by atoms with Gasteiger partial charge in [-0.1, -0.05) is 15.9 Å². The lowest BCUT2D eigenvalue weighted by molar-refractivity contribution is -0.00883. The predicted octanol–water partition coefficient (Wildman–Crippen LogP) is 4.40. The first-order chi connectivity index (χ1) is 10.2. The smallest absolute Gasteiger partial charge is 0.319 e. The molecule has 4 bridgehead atoms. The first kappa shape index (κ1) is 13.6. The van der Waals surface area contributed by atoms with Crippen molar-refractivity contribution in [1.29, 1.82) is 0 Å². The van der Waals surface area contributed by atoms with Crippen molar-refractivity contribution in [2.75, 3.05) is 5.32 Å². The van der Waals surface area contributed by atoms with Gasteiger partial charge >= 0.3 is 6.03 Å². The number of nitrogens with one attached hydrogen (secondary N) is 2. The number of urea groups is 1. The van der Waals surface area contributed by atoms with Crippen LogP contribution in [-0.2, 0) is 0 Å². The maximum Gasteiger partial charge on any atom is 0.319 e. The van der Waals surface area contributed by atoms with E-state index in [2.05, 4.69) is 26.6 Å². The summed E-state index contributed by atoms with van der Waals surface area (Å²) in [7, 11) is 0. The number of hydrogen-bond acceptors (Lipinski definition) is 1. The molecule has 4 aliphatic carbocycles. The zero-order chi connectivity index (χ0) is 14.4. The van der Waals surface area contributed by atoms with Gasteiger partial charge in [0, 0.05) is 16.2 Å². The van der Waals surface area contributed by atoms with E-state index in [1.807, 2.05) is 24.3 Å². The van der Waals surface area contributed by atoms with E-state index < -0.39 is 0 Å². The highest BCUT2D eigenvalue weighted by atomic mass is 79.9. The predicted molar refractivity (Wildman–Crippen MR) is 87.1 cm³/mol. The Bertz CT molecular complexity index is 514. The van der Waals surface area contributed by atoms with Gasteiger partial charge in [0.1, 0.15) is 0 Å². The largest absolute Gasteiger partial charge is 0.335 e. The third kappa shape index (κ3) is 2.70. The molecule has 2 N–H and O–H groups in total. The summed E-state index contributed by atoms with van der Waals surface area (Å²) >= 11 is 3.41. The molecule has 0 aliphatic heterocycles. The summed E-state index contributed by atoms with van der Waals surface area (Å²) in [6.45, 7) is 0. The van der Waals surface area contributed by atoms with Gasteiger partial charge in [-0.15, -0.1) is 0 Å². The average Bonchev–Trinajstić information content (AvgIpc) is 2.45. The van der Waals surface area contributed by atoms with Crippen LogP contribution >= 0.6 is 15.9 Å². The highest BCUT2D eigenvalue weighted by Crippen LogP contribution is 2.53. The Hall–Kier alpha value is -1.03. The molecule has 1 aromatic rings. The third-order valence-corrected chi connectivity index (χ3v) is 6.16. The molecule has 4 saturated carbocycles. The van der Waals surface area contributed by atoms with E-state index in [9.17, 15) is 4.79 Å². The third-order valence-electron chi connectivity index (χ3n) is 5.63. The van der Waals surface area contributed by atoms with Gasteiger partial charge in [-0.2, -0.15) is 0 Å². The summed E-state index contributed by atoms with van der Waals surface area (Å²) in [5.41, 5.74) is 0.847. The van der Waals surface area contributed by atoms with Crippen LogP contribution in [-0.4, -0.2) is 12.1 Å². The van der Waals surface area contributed by atoms with Crippen LogP contribution in [0, 0.1) is 23.7 Å². The summed E-state index contributed by atoms with van der Waals surface area (Å²) in [5.74, 6) is 3.33. The molecule has 5 rings (SSSR count). The van der Waals surface area contributed by atoms with Crippen molar-refractivity contribution in [3.8, 4) is 0 Å². The maximum atomic E-state index is 12.3. The lowest BCUT2D eigenvalue weighted by Crippen LogP contribution is -2.56. The molecule has 0 radical (unpaired) electrons. The van der Waals surface area contributed by atoms with E-state index in [1.54, 1.807) is 0 Å². The second-order valence-electron chi connectivity index (χ2n) is 7.06. The molecular formula is C17H21BrN2O. The number of amides is 2. The van der Waals surface area contributed by atoms with E-state index in [0.717, 1.165) is 33.8 Å². The molecule has 112 valence electrons. The quantitative estimate of drug-likeness (QED) is 0.817. The van der Waals surface area contributed by atoms with E-state index in [1.165, 1.54) is 32.1 Å². The average molecular weight is 349 g/mol. The van der Waals surface area contributed by atoms with Crippen LogP contribution in [0.5, 0.6) is 0 Å². The van der Waals surface area contributed by atoms with Crippen LogP contribution in [0.15, 0.2) is 28.7 Å². The van der Waals surface area contributed by atoms with Gasteiger partial charge in [0.15, 0.2) is 0 Å². The second kappa shape index (κ2) is 5.31. The molecule has 0 heterocycles. The summed E-state index contributed by atoms with van der Waals surface area (Å²) < 4.78 is 1.02. The first-order valence-corrected chi connectivity index (χ1v) is 8.80. The Balaban J connectivity index is 1.39. The van der Waals surface area contributed by atoms with E-state index in [0.29, 0.717) is 6.04 Å². The Morgan fingerprint density at radius 2 is 1.52 bits per heavy atom. The standard InChI is InChI=1S/C17H21BrN2O/c18-14-1-3-15(4-2-14)19-17(21)20-16-12-6-10-5-11(8-12)9-13(16)7-10/h1-4,10-13,16H,5-9H2,(H2,19,20,21). The van der Waals surface area contributed by atoms with Gasteiger partial charge in [-0.3, -0.25) is 0 Å². The summed E-state index contributed by atoms with van der Waals surface area (Å²) in [5, 5.41) is 6.22. The van der Waals surface area contributed by atoms with Gasteiger partial charge in [0.05, 0.1) is 0 Å². The zero-order valence-corrected chi connectivity index (χ0v) is 13.6. The summed E-state index contributed by atoms with van der Waals surface area (Å²) in [6, 6.07) is 8.07. The molecule has 0 unspecified atom stereocenters. The maximum absolute atomic E-state index is 12.3. The van der Waals surface area contributed by atoms with Gasteiger partial charge in [0.2, 0.25) is 0 Å². The van der Waals surface area contributed by atoms with E-state index >= 15 is 0 Å². The minimum atomic E-state index is -0.0465. The Labute approximate surface area is 134 Å². The van der Waals surface area contributed by atoms with Crippen LogP contribution in [0.2, 0.25) is 0 Å². The lowest BCUT2D eigenvalue weighted by Gasteiger charge is -2.54. The molecule has 0 saturated heterocycles. The molecule has 0 spiro atoms. The summed E-state index contributed by atoms with van der Waals surface area (Å²) in [6.07, 6.45) is 6.77. The fourth-order valence-corrected chi connectivity index (χ4v) is 5.28. The van der Waals surface area contributed by atoms with Crippen LogP contribution in [0.1, 0.15) is 32.1 Å². The minimum Gasteiger partial charge on any atom is -0.335 e. The number of halogens is 1. The number of hydrogen-bond donors (Lipinski definition) is 2. The number of carbonyl (C=O) groups excluding carboxylic acids is 1. The highest BCUT2D eigenvalue weighted by Gasteiger charge is 2.48. The Morgan fingerprint density at radius 1 is 0.952 bits per heavy atom. The van der Waals surface area contributed by atoms with Gasteiger partial charge in [0.25, 0.3) is 0 Å². The molecule has 21 heavy (non-hydrogen) atoms. The Morgan fingerprint density at radius 3 is 2.10 bits per heavy atom. The molecule has 0 atom stereocenters.